The van der Waals surface area contributed by atoms with E-state index < -0.39 is 0 Å². The lowest BCUT2D eigenvalue weighted by molar-refractivity contribution is 0.183. The molecule has 1 saturated heterocycles. The first kappa shape index (κ1) is 9.85. The molecule has 2 fully saturated rings. The first-order valence-electron chi connectivity index (χ1n) is 5.76. The van der Waals surface area contributed by atoms with E-state index in [0.29, 0.717) is 0 Å². The third kappa shape index (κ3) is 2.21. The number of fused-ring (bicyclic) bond motifs is 1. The second kappa shape index (κ2) is 4.70. The predicted molar refractivity (Wildman–Crippen MR) is 60.4 cm³/mol. The molecule has 1 nitrogen and oxygen atoms in total. The minimum Gasteiger partial charge on any atom is -0.300 e. The Bertz CT molecular complexity index is 160. The van der Waals surface area contributed by atoms with E-state index in [1.54, 1.807) is 0 Å². The van der Waals surface area contributed by atoms with Gasteiger partial charge >= 0.3 is 0 Å². The van der Waals surface area contributed by atoms with Crippen LogP contribution in [0.5, 0.6) is 0 Å². The van der Waals surface area contributed by atoms with Crippen molar-refractivity contribution in [3.05, 3.63) is 0 Å². The summed E-state index contributed by atoms with van der Waals surface area (Å²) in [5.74, 6) is 2.10. The van der Waals surface area contributed by atoms with Gasteiger partial charge in [0.05, 0.1) is 0 Å². The third-order valence-corrected chi connectivity index (χ3v) is 4.04. The monoisotopic (exact) mass is 199 g/mol. The lowest BCUT2D eigenvalue weighted by atomic mass is 9.85. The molecule has 76 valence electrons. The summed E-state index contributed by atoms with van der Waals surface area (Å²) < 4.78 is 0. The number of hydrogen-bond acceptors (Lipinski definition) is 2. The molecule has 2 heteroatoms. The zero-order valence-corrected chi connectivity index (χ0v) is 9.31. The maximum Gasteiger partial charge on any atom is 0.0124 e. The Labute approximate surface area is 87.3 Å². The van der Waals surface area contributed by atoms with Gasteiger partial charge in [0.15, 0.2) is 0 Å². The van der Waals surface area contributed by atoms with Crippen LogP contribution in [0.4, 0.5) is 0 Å². The Balaban J connectivity index is 1.84. The quantitative estimate of drug-likeness (QED) is 0.684. The average molecular weight is 199 g/mol. The molecule has 0 bridgehead atoms. The normalized spacial score (nSPS) is 34.8. The Kier molecular flexibility index (Phi) is 3.56. The lowest BCUT2D eigenvalue weighted by Gasteiger charge is -2.31. The number of likely N-dealkylation sites (tertiary alicyclic amines) is 1. The molecule has 2 atom stereocenters. The highest BCUT2D eigenvalue weighted by Gasteiger charge is 2.34. The molecule has 1 aliphatic heterocycles. The summed E-state index contributed by atoms with van der Waals surface area (Å²) in [6, 6.07) is 0.952. The number of thiol groups is 1. The van der Waals surface area contributed by atoms with Gasteiger partial charge in [0.25, 0.3) is 0 Å². The molecule has 0 spiro atoms. The molecule has 1 saturated carbocycles. The molecule has 0 aromatic heterocycles. The second-order valence-corrected chi connectivity index (χ2v) is 4.96. The van der Waals surface area contributed by atoms with Crippen LogP contribution in [-0.4, -0.2) is 29.8 Å². The minimum absolute atomic E-state index is 0.952. The van der Waals surface area contributed by atoms with E-state index >= 15 is 0 Å². The summed E-state index contributed by atoms with van der Waals surface area (Å²) in [5, 5.41) is 0. The standard InChI is InChI=1S/C11H21NS/c13-9-3-7-12-8-6-10-4-1-2-5-11(10)12/h10-11,13H,1-9H2. The Morgan fingerprint density at radius 3 is 2.85 bits per heavy atom. The van der Waals surface area contributed by atoms with E-state index in [2.05, 4.69) is 17.5 Å². The summed E-state index contributed by atoms with van der Waals surface area (Å²) in [7, 11) is 0. The summed E-state index contributed by atoms with van der Waals surface area (Å²) in [4.78, 5) is 2.72. The predicted octanol–water partition coefficient (Wildman–Crippen LogP) is 2.57. The third-order valence-electron chi connectivity index (χ3n) is 3.73. The fourth-order valence-electron chi connectivity index (χ4n) is 3.05. The summed E-state index contributed by atoms with van der Waals surface area (Å²) >= 11 is 4.28. The highest BCUT2D eigenvalue weighted by atomic mass is 32.1. The first-order chi connectivity index (χ1) is 6.42. The molecule has 1 heterocycles. The highest BCUT2D eigenvalue weighted by Crippen LogP contribution is 2.35. The molecular weight excluding hydrogens is 178 g/mol. The molecule has 0 radical (unpaired) electrons. The van der Waals surface area contributed by atoms with E-state index in [4.69, 9.17) is 0 Å². The van der Waals surface area contributed by atoms with Crippen molar-refractivity contribution in [2.45, 2.75) is 44.6 Å². The van der Waals surface area contributed by atoms with Crippen LogP contribution in [0.1, 0.15) is 38.5 Å². The van der Waals surface area contributed by atoms with Gasteiger partial charge < -0.3 is 4.90 Å². The second-order valence-electron chi connectivity index (χ2n) is 4.51. The van der Waals surface area contributed by atoms with Gasteiger partial charge in [-0.2, -0.15) is 12.6 Å². The topological polar surface area (TPSA) is 3.24 Å². The highest BCUT2D eigenvalue weighted by molar-refractivity contribution is 7.80. The Hall–Kier alpha value is 0.310. The zero-order valence-electron chi connectivity index (χ0n) is 8.41. The fraction of sp³-hybridized carbons (Fsp3) is 1.00. The Morgan fingerprint density at radius 2 is 2.00 bits per heavy atom. The maximum absolute atomic E-state index is 4.28. The molecule has 13 heavy (non-hydrogen) atoms. The average Bonchev–Trinajstić information content (AvgIpc) is 2.58. The van der Waals surface area contributed by atoms with E-state index in [-0.39, 0.29) is 0 Å². The van der Waals surface area contributed by atoms with Crippen molar-refractivity contribution in [2.75, 3.05) is 18.8 Å². The first-order valence-corrected chi connectivity index (χ1v) is 6.40. The van der Waals surface area contributed by atoms with Crippen LogP contribution in [0.3, 0.4) is 0 Å². The maximum atomic E-state index is 4.28. The zero-order chi connectivity index (χ0) is 9.10. The largest absolute Gasteiger partial charge is 0.300 e. The molecule has 0 amide bonds. The van der Waals surface area contributed by atoms with Crippen LogP contribution < -0.4 is 0 Å². The molecule has 2 rings (SSSR count). The molecule has 1 aliphatic carbocycles. The molecule has 0 N–H and O–H groups in total. The smallest absolute Gasteiger partial charge is 0.0124 e. The van der Waals surface area contributed by atoms with Crippen molar-refractivity contribution in [3.63, 3.8) is 0 Å². The van der Waals surface area contributed by atoms with Crippen molar-refractivity contribution in [2.24, 2.45) is 5.92 Å². The van der Waals surface area contributed by atoms with Gasteiger partial charge in [-0.3, -0.25) is 0 Å². The van der Waals surface area contributed by atoms with Crippen LogP contribution in [0.2, 0.25) is 0 Å². The summed E-state index contributed by atoms with van der Waals surface area (Å²) in [6.45, 7) is 2.66. The van der Waals surface area contributed by atoms with Gasteiger partial charge in [-0.25, -0.2) is 0 Å². The van der Waals surface area contributed by atoms with Crippen LogP contribution >= 0.6 is 12.6 Å². The van der Waals surface area contributed by atoms with Gasteiger partial charge in [-0.05, 0) is 50.4 Å². The minimum atomic E-state index is 0.952. The van der Waals surface area contributed by atoms with Crippen LogP contribution in [0.15, 0.2) is 0 Å². The van der Waals surface area contributed by atoms with E-state index in [1.165, 1.54) is 51.6 Å². The Morgan fingerprint density at radius 1 is 1.15 bits per heavy atom. The molecule has 2 unspecified atom stereocenters. The van der Waals surface area contributed by atoms with E-state index in [0.717, 1.165) is 17.7 Å². The van der Waals surface area contributed by atoms with Crippen LogP contribution in [0, 0.1) is 5.92 Å². The van der Waals surface area contributed by atoms with Gasteiger partial charge in [0.2, 0.25) is 0 Å². The van der Waals surface area contributed by atoms with Crippen molar-refractivity contribution in [1.29, 1.82) is 0 Å². The van der Waals surface area contributed by atoms with Crippen molar-refractivity contribution < 1.29 is 0 Å². The SMILES string of the molecule is SCCCN1CCC2CCCCC21. The van der Waals surface area contributed by atoms with Gasteiger partial charge in [-0.15, -0.1) is 0 Å². The van der Waals surface area contributed by atoms with Crippen molar-refractivity contribution in [3.8, 4) is 0 Å². The summed E-state index contributed by atoms with van der Waals surface area (Å²) in [6.07, 6.45) is 8.67. The summed E-state index contributed by atoms with van der Waals surface area (Å²) in [5.41, 5.74) is 0. The van der Waals surface area contributed by atoms with Crippen LogP contribution in [-0.2, 0) is 0 Å². The number of hydrogen-bond donors (Lipinski definition) is 1. The molecule has 0 aromatic carbocycles. The molecular formula is C11H21NS. The number of rotatable bonds is 3. The fourth-order valence-corrected chi connectivity index (χ4v) is 3.20. The lowest BCUT2D eigenvalue weighted by Crippen LogP contribution is -2.35. The molecule has 0 aromatic rings. The van der Waals surface area contributed by atoms with Crippen molar-refractivity contribution in [1.82, 2.24) is 4.90 Å². The van der Waals surface area contributed by atoms with Crippen LogP contribution in [0.25, 0.3) is 0 Å². The molecule has 2 aliphatic rings. The van der Waals surface area contributed by atoms with E-state index in [9.17, 15) is 0 Å². The van der Waals surface area contributed by atoms with Gasteiger partial charge in [0.1, 0.15) is 0 Å². The van der Waals surface area contributed by atoms with Gasteiger partial charge in [0, 0.05) is 6.04 Å². The number of nitrogens with zero attached hydrogens (tertiary/aromatic N) is 1. The van der Waals surface area contributed by atoms with Gasteiger partial charge in [-0.1, -0.05) is 12.8 Å². The van der Waals surface area contributed by atoms with Crippen molar-refractivity contribution >= 4 is 12.6 Å². The van der Waals surface area contributed by atoms with E-state index in [1.807, 2.05) is 0 Å².